The van der Waals surface area contributed by atoms with Crippen LogP contribution in [0.3, 0.4) is 0 Å². The molecule has 0 amide bonds. The highest BCUT2D eigenvalue weighted by atomic mass is 35.5. The maximum Gasteiger partial charge on any atom is 0.236 e. The van der Waals surface area contributed by atoms with Gasteiger partial charge in [0.25, 0.3) is 0 Å². The summed E-state index contributed by atoms with van der Waals surface area (Å²) in [7, 11) is 3.10. The lowest BCUT2D eigenvalue weighted by Gasteiger charge is -2.18. The third-order valence-corrected chi connectivity index (χ3v) is 9.27. The van der Waals surface area contributed by atoms with Crippen LogP contribution in [-0.4, -0.2) is 47.8 Å². The molecule has 2 heterocycles. The molecule has 0 aliphatic heterocycles. The number of aromatic nitrogens is 2. The molecule has 0 bridgehead atoms. The van der Waals surface area contributed by atoms with Gasteiger partial charge >= 0.3 is 0 Å². The van der Waals surface area contributed by atoms with Gasteiger partial charge in [0, 0.05) is 49.1 Å². The van der Waals surface area contributed by atoms with Gasteiger partial charge < -0.3 is 29.6 Å². The third-order valence-electron chi connectivity index (χ3n) is 8.73. The van der Waals surface area contributed by atoms with Gasteiger partial charge in [0.1, 0.15) is 34.8 Å². The zero-order chi connectivity index (χ0) is 37.9. The molecule has 0 saturated carbocycles. The van der Waals surface area contributed by atoms with Crippen molar-refractivity contribution >= 4 is 34.8 Å². The first-order valence-electron chi connectivity index (χ1n) is 17.2. The zero-order valence-electron chi connectivity index (χ0n) is 31.1. The second-order valence-corrected chi connectivity index (χ2v) is 13.8. The molecule has 4 rings (SSSR count). The van der Waals surface area contributed by atoms with Crippen LogP contribution in [0.2, 0.25) is 10.0 Å². The smallest absolute Gasteiger partial charge is 0.236 e. The van der Waals surface area contributed by atoms with E-state index in [9.17, 15) is 9.59 Å². The van der Waals surface area contributed by atoms with Crippen LogP contribution in [0.5, 0.6) is 23.5 Å². The Morgan fingerprint density at radius 2 is 1.04 bits per heavy atom. The summed E-state index contributed by atoms with van der Waals surface area (Å²) in [4.78, 5) is 32.0. The maximum atomic E-state index is 11.5. The molecule has 4 aromatic rings. The molecule has 12 heteroatoms. The number of nitrogens with zero attached hydrogens (tertiary/aromatic N) is 2. The number of hydrogen-bond donors (Lipinski definition) is 2. The number of methoxy groups -OCH3 is 2. The molecule has 0 aliphatic carbocycles. The minimum Gasteiger partial charge on any atom is -0.481 e. The van der Waals surface area contributed by atoms with Crippen LogP contribution in [0.15, 0.2) is 48.5 Å². The van der Waals surface area contributed by atoms with Gasteiger partial charge in [-0.15, -0.1) is 0 Å². The summed E-state index contributed by atoms with van der Waals surface area (Å²) in [5, 5.41) is 7.36. The molecule has 278 valence electrons. The summed E-state index contributed by atoms with van der Waals surface area (Å²) in [6, 6.07) is 15.8. The van der Waals surface area contributed by atoms with E-state index in [1.54, 1.807) is 40.2 Å². The van der Waals surface area contributed by atoms with Gasteiger partial charge in [-0.05, 0) is 87.1 Å². The number of carbonyl (C=O) groups is 2. The monoisotopic (exact) mass is 750 g/mol. The number of halogens is 2. The molecule has 0 fully saturated rings. The number of carbonyl (C=O) groups excluding carboxylic acids is 2. The lowest BCUT2D eigenvalue weighted by atomic mass is 9.92. The maximum absolute atomic E-state index is 11.5. The first-order valence-corrected chi connectivity index (χ1v) is 17.9. The number of nitrogens with one attached hydrogen (secondary N) is 2. The fraction of sp³-hybridized carbons (Fsp3) is 0.400. The quantitative estimate of drug-likeness (QED) is 0.0971. The topological polar surface area (TPSA) is 121 Å². The average molecular weight is 752 g/mol. The van der Waals surface area contributed by atoms with Gasteiger partial charge in [0.2, 0.25) is 23.5 Å². The molecule has 10 nitrogen and oxygen atoms in total. The average Bonchev–Trinajstić information content (AvgIpc) is 3.09. The molecule has 2 atom stereocenters. The minimum atomic E-state index is 0.00389. The predicted molar refractivity (Wildman–Crippen MR) is 205 cm³/mol. The molecule has 0 spiro atoms. The largest absolute Gasteiger partial charge is 0.481 e. The van der Waals surface area contributed by atoms with Crippen LogP contribution in [-0.2, 0) is 35.9 Å². The van der Waals surface area contributed by atoms with E-state index in [0.717, 1.165) is 44.5 Å². The highest BCUT2D eigenvalue weighted by Crippen LogP contribution is 2.34. The summed E-state index contributed by atoms with van der Waals surface area (Å²) in [5.74, 6) is 1.59. The van der Waals surface area contributed by atoms with Crippen molar-refractivity contribution in [3.05, 3.63) is 92.0 Å². The van der Waals surface area contributed by atoms with E-state index < -0.39 is 0 Å². The van der Waals surface area contributed by atoms with Gasteiger partial charge in [-0.2, -0.15) is 9.97 Å². The van der Waals surface area contributed by atoms with Crippen LogP contribution < -0.4 is 29.6 Å². The molecule has 2 aromatic carbocycles. The summed E-state index contributed by atoms with van der Waals surface area (Å²) >= 11 is 13.2. The summed E-state index contributed by atoms with van der Waals surface area (Å²) in [6.45, 7) is 12.6. The van der Waals surface area contributed by atoms with Crippen molar-refractivity contribution in [1.82, 2.24) is 20.6 Å². The molecule has 0 saturated heterocycles. The summed E-state index contributed by atoms with van der Waals surface area (Å²) < 4.78 is 23.3. The van der Waals surface area contributed by atoms with Crippen molar-refractivity contribution in [3.8, 4) is 34.6 Å². The van der Waals surface area contributed by atoms with Crippen LogP contribution in [0, 0.1) is 13.8 Å². The first-order chi connectivity index (χ1) is 24.8. The third kappa shape index (κ3) is 10.9. The van der Waals surface area contributed by atoms with Crippen molar-refractivity contribution in [2.75, 3.05) is 14.2 Å². The highest BCUT2D eigenvalue weighted by molar-refractivity contribution is 6.32. The number of Topliss-reactive ketones (excluding diaryl/α,β-unsaturated/α-hetero) is 2. The van der Waals surface area contributed by atoms with Crippen molar-refractivity contribution in [1.29, 1.82) is 0 Å². The van der Waals surface area contributed by atoms with Crippen LogP contribution in [0.25, 0.3) is 11.1 Å². The summed E-state index contributed by atoms with van der Waals surface area (Å²) in [5.41, 5.74) is 7.74. The Hall–Kier alpha value is -4.22. The Kier molecular flexibility index (Phi) is 14.8. The molecule has 2 N–H and O–H groups in total. The van der Waals surface area contributed by atoms with Crippen molar-refractivity contribution in [2.24, 2.45) is 0 Å². The summed E-state index contributed by atoms with van der Waals surface area (Å²) in [6.07, 6.45) is 0.863. The number of ether oxygens (including phenoxy) is 4. The van der Waals surface area contributed by atoms with Crippen molar-refractivity contribution in [2.45, 2.75) is 92.8 Å². The van der Waals surface area contributed by atoms with E-state index in [1.165, 1.54) is 0 Å². The number of pyridine rings is 2. The Morgan fingerprint density at radius 1 is 0.654 bits per heavy atom. The normalized spacial score (nSPS) is 12.3. The van der Waals surface area contributed by atoms with E-state index >= 15 is 0 Å². The molecule has 0 radical (unpaired) electrons. The fourth-order valence-corrected chi connectivity index (χ4v) is 6.38. The predicted octanol–water partition coefficient (Wildman–Crippen LogP) is 8.16. The highest BCUT2D eigenvalue weighted by Gasteiger charge is 2.18. The van der Waals surface area contributed by atoms with Crippen LogP contribution in [0.1, 0.15) is 73.9 Å². The van der Waals surface area contributed by atoms with Gasteiger partial charge in [-0.3, -0.25) is 9.59 Å². The Balaban J connectivity index is 1.47. The number of hydrogen-bond acceptors (Lipinski definition) is 10. The van der Waals surface area contributed by atoms with E-state index in [2.05, 4.69) is 46.6 Å². The molecular weight excluding hydrogens is 703 g/mol. The van der Waals surface area contributed by atoms with Gasteiger partial charge in [0.15, 0.2) is 0 Å². The second kappa shape index (κ2) is 19.0. The van der Waals surface area contributed by atoms with E-state index in [-0.39, 0.29) is 48.6 Å². The Labute approximate surface area is 316 Å². The lowest BCUT2D eigenvalue weighted by Crippen LogP contribution is -2.27. The lowest BCUT2D eigenvalue weighted by molar-refractivity contribution is -0.118. The molecule has 0 unspecified atom stereocenters. The van der Waals surface area contributed by atoms with Gasteiger partial charge in [-0.25, -0.2) is 0 Å². The zero-order valence-corrected chi connectivity index (χ0v) is 32.6. The molecule has 0 aliphatic rings. The molecule has 52 heavy (non-hydrogen) atoms. The Bertz CT molecular complexity index is 1750. The van der Waals surface area contributed by atoms with Crippen molar-refractivity contribution in [3.63, 3.8) is 0 Å². The van der Waals surface area contributed by atoms with Crippen molar-refractivity contribution < 1.29 is 28.5 Å². The van der Waals surface area contributed by atoms with Gasteiger partial charge in [0.05, 0.1) is 14.2 Å². The van der Waals surface area contributed by atoms with E-state index in [1.807, 2.05) is 38.1 Å². The second-order valence-electron chi connectivity index (χ2n) is 13.0. The number of rotatable bonds is 19. The van der Waals surface area contributed by atoms with Crippen LogP contribution >= 0.6 is 23.2 Å². The van der Waals surface area contributed by atoms with E-state index in [0.29, 0.717) is 47.7 Å². The minimum absolute atomic E-state index is 0.00389. The standard InChI is InChI=1S/C40H48Cl2N4O6/c1-23(15-25(3)47)43-19-31-17-35(41)39(45-37(31)49-7)51-21-29-11-9-13-33(27(29)5)34-14-10-12-30(28(34)6)22-52-40-36(42)18-32(38(46-40)50-8)20-44-24(2)16-26(4)48/h9-14,17-18,23-24,43-44H,15-16,19-22H2,1-8H3/t23-,24-/m0/s1. The van der Waals surface area contributed by atoms with Crippen LogP contribution in [0.4, 0.5) is 0 Å². The Morgan fingerprint density at radius 3 is 1.38 bits per heavy atom. The molecule has 2 aromatic heterocycles. The number of ketones is 2. The fourth-order valence-electron chi connectivity index (χ4n) is 5.93. The first kappa shape index (κ1) is 40.5. The molecular formula is C40H48Cl2N4O6. The van der Waals surface area contributed by atoms with E-state index in [4.69, 9.17) is 42.1 Å². The SMILES string of the molecule is COc1nc(OCc2cccc(-c3cccc(COc4nc(OC)c(CN[C@@H](C)CC(C)=O)cc4Cl)c3C)c2C)c(Cl)cc1CN[C@@H](C)CC(C)=O. The number of benzene rings is 2. The van der Waals surface area contributed by atoms with Gasteiger partial charge in [-0.1, -0.05) is 59.6 Å².